The van der Waals surface area contributed by atoms with Gasteiger partial charge in [-0.25, -0.2) is 0 Å². The molecular formula is C16H24N2S. The van der Waals surface area contributed by atoms with Crippen LogP contribution in [-0.2, 0) is 6.54 Å². The van der Waals surface area contributed by atoms with Crippen LogP contribution in [0.1, 0.15) is 43.2 Å². The average molecular weight is 276 g/mol. The lowest BCUT2D eigenvalue weighted by atomic mass is 9.89. The Morgan fingerprint density at radius 3 is 2.74 bits per heavy atom. The Balaban J connectivity index is 1.88. The highest BCUT2D eigenvalue weighted by atomic mass is 32.1. The van der Waals surface area contributed by atoms with Gasteiger partial charge in [-0.15, -0.1) is 0 Å². The molecular weight excluding hydrogens is 252 g/mol. The predicted octanol–water partition coefficient (Wildman–Crippen LogP) is 3.33. The zero-order valence-electron chi connectivity index (χ0n) is 11.8. The maximum Gasteiger partial charge on any atom is 0.103 e. The molecule has 1 aliphatic carbocycles. The molecule has 0 spiro atoms. The molecule has 0 atom stereocenters. The predicted molar refractivity (Wildman–Crippen MR) is 85.2 cm³/mol. The van der Waals surface area contributed by atoms with Crippen LogP contribution in [0.5, 0.6) is 0 Å². The van der Waals surface area contributed by atoms with Crippen molar-refractivity contribution in [3.8, 4) is 0 Å². The molecule has 2 nitrogen and oxygen atoms in total. The molecule has 0 heterocycles. The number of hydrogen-bond acceptors (Lipinski definition) is 2. The summed E-state index contributed by atoms with van der Waals surface area (Å²) in [5.41, 5.74) is 7.95. The monoisotopic (exact) mass is 276 g/mol. The Kier molecular flexibility index (Phi) is 5.34. The van der Waals surface area contributed by atoms with Gasteiger partial charge in [0.1, 0.15) is 4.99 Å². The molecule has 1 aliphatic rings. The summed E-state index contributed by atoms with van der Waals surface area (Å²) < 4.78 is 0. The molecule has 1 saturated carbocycles. The van der Waals surface area contributed by atoms with E-state index in [2.05, 4.69) is 24.1 Å². The highest BCUT2D eigenvalue weighted by Gasteiger charge is 2.15. The maximum atomic E-state index is 5.68. The van der Waals surface area contributed by atoms with Crippen LogP contribution in [0.3, 0.4) is 0 Å². The van der Waals surface area contributed by atoms with Gasteiger partial charge in [-0.2, -0.15) is 0 Å². The van der Waals surface area contributed by atoms with Crippen LogP contribution in [0.25, 0.3) is 0 Å². The van der Waals surface area contributed by atoms with Crippen molar-refractivity contribution >= 4 is 17.2 Å². The third-order valence-electron chi connectivity index (χ3n) is 3.96. The van der Waals surface area contributed by atoms with Crippen LogP contribution in [0.15, 0.2) is 24.3 Å². The van der Waals surface area contributed by atoms with E-state index in [1.54, 1.807) is 0 Å². The van der Waals surface area contributed by atoms with Crippen LogP contribution in [0, 0.1) is 5.92 Å². The van der Waals surface area contributed by atoms with Gasteiger partial charge in [0.15, 0.2) is 0 Å². The summed E-state index contributed by atoms with van der Waals surface area (Å²) in [4.78, 5) is 2.91. The number of nitrogens with zero attached hydrogens (tertiary/aromatic N) is 1. The molecule has 104 valence electrons. The largest absolute Gasteiger partial charge is 0.389 e. The highest BCUT2D eigenvalue weighted by molar-refractivity contribution is 7.80. The zero-order valence-corrected chi connectivity index (χ0v) is 12.6. The van der Waals surface area contributed by atoms with E-state index in [1.807, 2.05) is 12.1 Å². The molecule has 0 radical (unpaired) electrons. The second kappa shape index (κ2) is 7.01. The Labute approximate surface area is 122 Å². The lowest BCUT2D eigenvalue weighted by Crippen LogP contribution is -2.26. The van der Waals surface area contributed by atoms with Crippen LogP contribution in [0.2, 0.25) is 0 Å². The van der Waals surface area contributed by atoms with Crippen LogP contribution >= 0.6 is 12.2 Å². The molecule has 0 aliphatic heterocycles. The number of nitrogens with two attached hydrogens (primary N) is 1. The van der Waals surface area contributed by atoms with Gasteiger partial charge < -0.3 is 10.6 Å². The number of rotatable bonds is 5. The summed E-state index contributed by atoms with van der Waals surface area (Å²) in [7, 11) is 2.21. The van der Waals surface area contributed by atoms with Gasteiger partial charge in [-0.3, -0.25) is 0 Å². The van der Waals surface area contributed by atoms with Crippen molar-refractivity contribution in [2.75, 3.05) is 13.6 Å². The van der Waals surface area contributed by atoms with E-state index >= 15 is 0 Å². The van der Waals surface area contributed by atoms with Gasteiger partial charge in [-0.05, 0) is 37.4 Å². The Bertz CT molecular complexity index is 425. The van der Waals surface area contributed by atoms with Crippen molar-refractivity contribution < 1.29 is 0 Å². The number of benzene rings is 1. The first kappa shape index (κ1) is 14.5. The molecule has 19 heavy (non-hydrogen) atoms. The molecule has 0 saturated heterocycles. The normalized spacial score (nSPS) is 16.7. The lowest BCUT2D eigenvalue weighted by Gasteiger charge is -2.27. The number of thiocarbonyl (C=S) groups is 1. The first-order chi connectivity index (χ1) is 9.15. The molecule has 1 fully saturated rings. The molecule has 0 unspecified atom stereocenters. The first-order valence-corrected chi connectivity index (χ1v) is 7.63. The van der Waals surface area contributed by atoms with Crippen LogP contribution in [-0.4, -0.2) is 23.5 Å². The fourth-order valence-corrected chi connectivity index (χ4v) is 3.14. The van der Waals surface area contributed by atoms with Gasteiger partial charge in [0.05, 0.1) is 0 Å². The van der Waals surface area contributed by atoms with Gasteiger partial charge in [-0.1, -0.05) is 49.7 Å². The SMILES string of the molecule is CN(Cc1cccc(C(N)=S)c1)CC1CCCCC1. The molecule has 3 heteroatoms. The smallest absolute Gasteiger partial charge is 0.103 e. The van der Waals surface area contributed by atoms with Crippen molar-refractivity contribution in [2.24, 2.45) is 11.7 Å². The Hall–Kier alpha value is -0.930. The zero-order chi connectivity index (χ0) is 13.7. The van der Waals surface area contributed by atoms with Gasteiger partial charge >= 0.3 is 0 Å². The lowest BCUT2D eigenvalue weighted by molar-refractivity contribution is 0.228. The molecule has 2 rings (SSSR count). The summed E-state index contributed by atoms with van der Waals surface area (Å²) >= 11 is 5.03. The summed E-state index contributed by atoms with van der Waals surface area (Å²) in [5.74, 6) is 0.887. The minimum absolute atomic E-state index is 0.483. The van der Waals surface area contributed by atoms with Crippen molar-refractivity contribution in [2.45, 2.75) is 38.6 Å². The molecule has 1 aromatic rings. The van der Waals surface area contributed by atoms with E-state index in [9.17, 15) is 0 Å². The average Bonchev–Trinajstić information content (AvgIpc) is 2.40. The van der Waals surface area contributed by atoms with Crippen LogP contribution in [0.4, 0.5) is 0 Å². The van der Waals surface area contributed by atoms with E-state index < -0.39 is 0 Å². The van der Waals surface area contributed by atoms with Gasteiger partial charge in [0.2, 0.25) is 0 Å². The molecule has 1 aromatic carbocycles. The number of hydrogen-bond donors (Lipinski definition) is 1. The van der Waals surface area contributed by atoms with Gasteiger partial charge in [0, 0.05) is 18.7 Å². The Morgan fingerprint density at radius 1 is 1.32 bits per heavy atom. The maximum absolute atomic E-state index is 5.68. The van der Waals surface area contributed by atoms with Crippen LogP contribution < -0.4 is 5.73 Å². The Morgan fingerprint density at radius 2 is 2.05 bits per heavy atom. The quantitative estimate of drug-likeness (QED) is 0.836. The molecule has 2 N–H and O–H groups in total. The van der Waals surface area contributed by atoms with E-state index in [4.69, 9.17) is 18.0 Å². The first-order valence-electron chi connectivity index (χ1n) is 7.22. The fraction of sp³-hybridized carbons (Fsp3) is 0.562. The summed E-state index contributed by atoms with van der Waals surface area (Å²) in [6, 6.07) is 8.28. The second-order valence-electron chi connectivity index (χ2n) is 5.77. The van der Waals surface area contributed by atoms with E-state index in [-0.39, 0.29) is 0 Å². The minimum atomic E-state index is 0.483. The standard InChI is InChI=1S/C16H24N2S/c1-18(11-13-6-3-2-4-7-13)12-14-8-5-9-15(10-14)16(17)19/h5,8-10,13H,2-4,6-7,11-12H2,1H3,(H2,17,19). The second-order valence-corrected chi connectivity index (χ2v) is 6.21. The summed E-state index contributed by atoms with van der Waals surface area (Å²) in [5, 5.41) is 0. The summed E-state index contributed by atoms with van der Waals surface area (Å²) in [6.07, 6.45) is 7.05. The molecule has 0 aromatic heterocycles. The van der Waals surface area contributed by atoms with Gasteiger partial charge in [0.25, 0.3) is 0 Å². The third-order valence-corrected chi connectivity index (χ3v) is 4.19. The van der Waals surface area contributed by atoms with E-state index in [0.29, 0.717) is 4.99 Å². The van der Waals surface area contributed by atoms with Crippen molar-refractivity contribution in [3.63, 3.8) is 0 Å². The van der Waals surface area contributed by atoms with Crippen molar-refractivity contribution in [3.05, 3.63) is 35.4 Å². The molecule has 0 amide bonds. The fourth-order valence-electron chi connectivity index (χ4n) is 3.01. The molecule has 0 bridgehead atoms. The third kappa shape index (κ3) is 4.59. The minimum Gasteiger partial charge on any atom is -0.389 e. The topological polar surface area (TPSA) is 29.3 Å². The highest BCUT2D eigenvalue weighted by Crippen LogP contribution is 2.24. The van der Waals surface area contributed by atoms with E-state index in [0.717, 1.165) is 18.0 Å². The van der Waals surface area contributed by atoms with E-state index in [1.165, 1.54) is 44.2 Å². The summed E-state index contributed by atoms with van der Waals surface area (Å²) in [6.45, 7) is 2.18. The van der Waals surface area contributed by atoms with Crippen molar-refractivity contribution in [1.29, 1.82) is 0 Å². The van der Waals surface area contributed by atoms with Crippen molar-refractivity contribution in [1.82, 2.24) is 4.90 Å².